The van der Waals surface area contributed by atoms with Gasteiger partial charge in [0.2, 0.25) is 5.91 Å². The number of carbonyl (C=O) groups excluding carboxylic acids is 1. The maximum Gasteiger partial charge on any atom is 0.222 e. The van der Waals surface area contributed by atoms with E-state index in [-0.39, 0.29) is 0 Å². The van der Waals surface area contributed by atoms with E-state index in [9.17, 15) is 4.79 Å². The minimum Gasteiger partial charge on any atom is -0.341 e. The molecule has 0 aliphatic carbocycles. The Bertz CT molecular complexity index is 231. The first kappa shape index (κ1) is 12.8. The molecule has 0 atom stereocenters. The average molecular weight is 239 g/mol. The van der Waals surface area contributed by atoms with E-state index in [0.29, 0.717) is 5.91 Å². The monoisotopic (exact) mass is 239 g/mol. The van der Waals surface area contributed by atoms with Gasteiger partial charge in [0.05, 0.1) is 0 Å². The molecule has 0 spiro atoms. The number of nitrogens with one attached hydrogen (secondary N) is 2. The molecule has 2 aliphatic rings. The van der Waals surface area contributed by atoms with Crippen LogP contribution in [0.3, 0.4) is 0 Å². The van der Waals surface area contributed by atoms with Crippen molar-refractivity contribution in [2.75, 3.05) is 39.3 Å². The number of amides is 1. The second kappa shape index (κ2) is 6.97. The van der Waals surface area contributed by atoms with E-state index in [0.717, 1.165) is 64.4 Å². The molecule has 0 saturated carbocycles. The number of nitrogens with zero attached hydrogens (tertiary/aromatic N) is 1. The normalized spacial score (nSPS) is 23.4. The fourth-order valence-corrected chi connectivity index (χ4v) is 2.75. The highest BCUT2D eigenvalue weighted by atomic mass is 16.2. The third-order valence-corrected chi connectivity index (χ3v) is 3.92. The Morgan fingerprint density at radius 1 is 1.06 bits per heavy atom. The van der Waals surface area contributed by atoms with Gasteiger partial charge >= 0.3 is 0 Å². The van der Waals surface area contributed by atoms with E-state index in [2.05, 4.69) is 10.6 Å². The van der Waals surface area contributed by atoms with Crippen molar-refractivity contribution in [3.8, 4) is 0 Å². The van der Waals surface area contributed by atoms with Crippen LogP contribution in [0, 0.1) is 5.92 Å². The van der Waals surface area contributed by atoms with Crippen LogP contribution in [0.25, 0.3) is 0 Å². The smallest absolute Gasteiger partial charge is 0.222 e. The van der Waals surface area contributed by atoms with Crippen molar-refractivity contribution >= 4 is 5.91 Å². The second-order valence-corrected chi connectivity index (χ2v) is 5.22. The molecule has 2 fully saturated rings. The molecular formula is C13H25N3O. The van der Waals surface area contributed by atoms with Gasteiger partial charge in [0.15, 0.2) is 0 Å². The molecule has 0 aromatic carbocycles. The summed E-state index contributed by atoms with van der Waals surface area (Å²) in [5, 5.41) is 6.71. The first-order valence-electron chi connectivity index (χ1n) is 7.05. The van der Waals surface area contributed by atoms with Gasteiger partial charge < -0.3 is 15.5 Å². The van der Waals surface area contributed by atoms with Crippen molar-refractivity contribution in [2.45, 2.75) is 32.1 Å². The highest BCUT2D eigenvalue weighted by Crippen LogP contribution is 2.18. The van der Waals surface area contributed by atoms with Crippen molar-refractivity contribution in [1.82, 2.24) is 15.5 Å². The minimum absolute atomic E-state index is 0.368. The molecular weight excluding hydrogens is 214 g/mol. The van der Waals surface area contributed by atoms with Crippen molar-refractivity contribution < 1.29 is 4.79 Å². The minimum atomic E-state index is 0.368. The molecule has 2 heterocycles. The predicted octanol–water partition coefficient (Wildman–Crippen LogP) is 0.588. The molecule has 2 saturated heterocycles. The quantitative estimate of drug-likeness (QED) is 0.757. The van der Waals surface area contributed by atoms with Crippen LogP contribution in [0.5, 0.6) is 0 Å². The van der Waals surface area contributed by atoms with Crippen molar-refractivity contribution in [3.05, 3.63) is 0 Å². The second-order valence-electron chi connectivity index (χ2n) is 5.22. The lowest BCUT2D eigenvalue weighted by atomic mass is 9.93. The van der Waals surface area contributed by atoms with E-state index in [1.807, 2.05) is 4.90 Å². The van der Waals surface area contributed by atoms with Gasteiger partial charge in [-0.1, -0.05) is 0 Å². The van der Waals surface area contributed by atoms with E-state index in [4.69, 9.17) is 0 Å². The summed E-state index contributed by atoms with van der Waals surface area (Å²) in [6, 6.07) is 0. The zero-order valence-corrected chi connectivity index (χ0v) is 10.7. The lowest BCUT2D eigenvalue weighted by Crippen LogP contribution is -2.35. The maximum absolute atomic E-state index is 12.1. The molecule has 0 bridgehead atoms. The van der Waals surface area contributed by atoms with Crippen molar-refractivity contribution in [3.63, 3.8) is 0 Å². The number of rotatable bonds is 3. The van der Waals surface area contributed by atoms with Gasteiger partial charge in [-0.3, -0.25) is 4.79 Å². The van der Waals surface area contributed by atoms with Crippen LogP contribution < -0.4 is 10.6 Å². The molecule has 98 valence electrons. The first-order chi connectivity index (χ1) is 8.36. The average Bonchev–Trinajstić information content (AvgIpc) is 2.66. The van der Waals surface area contributed by atoms with Gasteiger partial charge in [0.1, 0.15) is 0 Å². The molecule has 1 amide bonds. The summed E-state index contributed by atoms with van der Waals surface area (Å²) >= 11 is 0. The lowest BCUT2D eigenvalue weighted by molar-refractivity contribution is -0.131. The summed E-state index contributed by atoms with van der Waals surface area (Å²) in [5.74, 6) is 1.14. The molecule has 0 unspecified atom stereocenters. The number of piperidine rings is 1. The highest BCUT2D eigenvalue weighted by Gasteiger charge is 2.18. The number of carbonyl (C=O) groups is 1. The highest BCUT2D eigenvalue weighted by molar-refractivity contribution is 5.76. The van der Waals surface area contributed by atoms with Crippen LogP contribution in [0.1, 0.15) is 32.1 Å². The van der Waals surface area contributed by atoms with Crippen LogP contribution in [0.15, 0.2) is 0 Å². The molecule has 0 aromatic rings. The summed E-state index contributed by atoms with van der Waals surface area (Å²) in [6.07, 6.45) is 5.43. The fourth-order valence-electron chi connectivity index (χ4n) is 2.75. The van der Waals surface area contributed by atoms with Gasteiger partial charge in [0, 0.05) is 26.1 Å². The molecule has 0 aromatic heterocycles. The van der Waals surface area contributed by atoms with E-state index < -0.39 is 0 Å². The summed E-state index contributed by atoms with van der Waals surface area (Å²) in [4.78, 5) is 14.1. The van der Waals surface area contributed by atoms with Crippen LogP contribution >= 0.6 is 0 Å². The Morgan fingerprint density at radius 2 is 1.82 bits per heavy atom. The Balaban J connectivity index is 1.68. The summed E-state index contributed by atoms with van der Waals surface area (Å²) in [6.45, 7) is 6.11. The zero-order chi connectivity index (χ0) is 11.9. The largest absolute Gasteiger partial charge is 0.341 e. The van der Waals surface area contributed by atoms with Crippen LogP contribution in [-0.4, -0.2) is 50.1 Å². The summed E-state index contributed by atoms with van der Waals surface area (Å²) in [7, 11) is 0. The lowest BCUT2D eigenvalue weighted by Gasteiger charge is -2.24. The summed E-state index contributed by atoms with van der Waals surface area (Å²) in [5.41, 5.74) is 0. The van der Waals surface area contributed by atoms with Gasteiger partial charge in [-0.05, 0) is 51.2 Å². The Morgan fingerprint density at radius 3 is 2.65 bits per heavy atom. The van der Waals surface area contributed by atoms with Crippen LogP contribution in [-0.2, 0) is 4.79 Å². The Labute approximate surface area is 104 Å². The number of hydrogen-bond donors (Lipinski definition) is 2. The van der Waals surface area contributed by atoms with Crippen LogP contribution in [0.4, 0.5) is 0 Å². The van der Waals surface area contributed by atoms with Gasteiger partial charge in [-0.15, -0.1) is 0 Å². The molecule has 2 rings (SSSR count). The zero-order valence-electron chi connectivity index (χ0n) is 10.7. The maximum atomic E-state index is 12.1. The molecule has 2 N–H and O–H groups in total. The number of hydrogen-bond acceptors (Lipinski definition) is 3. The molecule has 2 aliphatic heterocycles. The third kappa shape index (κ3) is 4.28. The SMILES string of the molecule is O=C(CCC1CCNCC1)N1CCCNCC1. The van der Waals surface area contributed by atoms with E-state index in [1.54, 1.807) is 0 Å². The van der Waals surface area contributed by atoms with E-state index >= 15 is 0 Å². The van der Waals surface area contributed by atoms with Gasteiger partial charge in [0.25, 0.3) is 0 Å². The molecule has 4 nitrogen and oxygen atoms in total. The first-order valence-corrected chi connectivity index (χ1v) is 7.05. The van der Waals surface area contributed by atoms with Crippen molar-refractivity contribution in [1.29, 1.82) is 0 Å². The standard InChI is InChI=1S/C13H25N3O/c17-13(16-10-1-6-14-9-11-16)3-2-12-4-7-15-8-5-12/h12,14-15H,1-11H2. The Kier molecular flexibility index (Phi) is 5.26. The van der Waals surface area contributed by atoms with E-state index in [1.165, 1.54) is 12.8 Å². The van der Waals surface area contributed by atoms with Crippen molar-refractivity contribution in [2.24, 2.45) is 5.92 Å². The fraction of sp³-hybridized carbons (Fsp3) is 0.923. The van der Waals surface area contributed by atoms with Gasteiger partial charge in [-0.2, -0.15) is 0 Å². The predicted molar refractivity (Wildman–Crippen MR) is 68.9 cm³/mol. The van der Waals surface area contributed by atoms with Gasteiger partial charge in [-0.25, -0.2) is 0 Å². The van der Waals surface area contributed by atoms with Crippen LogP contribution in [0.2, 0.25) is 0 Å². The Hall–Kier alpha value is -0.610. The topological polar surface area (TPSA) is 44.4 Å². The molecule has 4 heteroatoms. The molecule has 17 heavy (non-hydrogen) atoms. The molecule has 0 radical (unpaired) electrons. The summed E-state index contributed by atoms with van der Waals surface area (Å²) < 4.78 is 0. The third-order valence-electron chi connectivity index (χ3n) is 3.92.